The van der Waals surface area contributed by atoms with E-state index in [1.165, 1.54) is 11.8 Å². The summed E-state index contributed by atoms with van der Waals surface area (Å²) < 4.78 is 36.9. The molecule has 0 spiro atoms. The predicted octanol–water partition coefficient (Wildman–Crippen LogP) is 2.69. The number of thiazole rings is 1. The molecule has 0 aromatic carbocycles. The average Bonchev–Trinajstić information content (AvgIpc) is 2.62. The van der Waals surface area contributed by atoms with E-state index in [9.17, 15) is 18.3 Å². The Bertz CT molecular complexity index is 365. The first-order valence-corrected chi connectivity index (χ1v) is 6.94. The summed E-state index contributed by atoms with van der Waals surface area (Å²) >= 11 is 2.00. The van der Waals surface area contributed by atoms with Crippen LogP contribution in [0, 0.1) is 0 Å². The molecule has 1 rings (SSSR count). The van der Waals surface area contributed by atoms with Crippen molar-refractivity contribution in [3.8, 4) is 0 Å². The Balaban J connectivity index is 2.56. The summed E-state index contributed by atoms with van der Waals surface area (Å²) in [7, 11) is 0. The van der Waals surface area contributed by atoms with Gasteiger partial charge >= 0.3 is 6.18 Å². The molecular formula is C9H13F3N2OS2. The summed E-state index contributed by atoms with van der Waals surface area (Å²) in [5, 5.41) is 12.7. The van der Waals surface area contributed by atoms with Crippen molar-refractivity contribution in [3.63, 3.8) is 0 Å². The molecule has 0 amide bonds. The molecule has 0 aliphatic heterocycles. The number of alkyl halides is 3. The van der Waals surface area contributed by atoms with Gasteiger partial charge in [-0.1, -0.05) is 11.3 Å². The van der Waals surface area contributed by atoms with E-state index in [4.69, 9.17) is 0 Å². The fourth-order valence-electron chi connectivity index (χ4n) is 1.11. The molecule has 8 heteroatoms. The molecule has 1 aromatic heterocycles. The van der Waals surface area contributed by atoms with Crippen molar-refractivity contribution in [2.24, 2.45) is 0 Å². The van der Waals surface area contributed by atoms with Gasteiger partial charge in [0.05, 0.1) is 11.8 Å². The molecule has 98 valence electrons. The van der Waals surface area contributed by atoms with Crippen LogP contribution in [0.2, 0.25) is 0 Å². The number of hydrogen-bond acceptors (Lipinski definition) is 5. The Hall–Kier alpha value is -0.470. The molecule has 0 radical (unpaired) electrons. The first kappa shape index (κ1) is 14.6. The van der Waals surface area contributed by atoms with Crippen LogP contribution in [0.3, 0.4) is 0 Å². The molecule has 1 atom stereocenters. The number of rotatable bonds is 5. The summed E-state index contributed by atoms with van der Waals surface area (Å²) in [6, 6.07) is 0. The average molecular weight is 286 g/mol. The minimum absolute atomic E-state index is 0.165. The second-order valence-corrected chi connectivity index (χ2v) is 5.71. The molecule has 1 heterocycles. The Morgan fingerprint density at radius 1 is 1.53 bits per heavy atom. The van der Waals surface area contributed by atoms with Crippen molar-refractivity contribution in [1.82, 2.24) is 4.98 Å². The summed E-state index contributed by atoms with van der Waals surface area (Å²) in [5.41, 5.74) is -0.969. The molecule has 1 aromatic rings. The van der Waals surface area contributed by atoms with Gasteiger partial charge in [0.25, 0.3) is 0 Å². The van der Waals surface area contributed by atoms with Crippen molar-refractivity contribution < 1.29 is 18.3 Å². The molecule has 0 saturated carbocycles. The number of hydrogen-bond donors (Lipinski definition) is 2. The number of anilines is 1. The zero-order valence-corrected chi connectivity index (χ0v) is 11.0. The maximum Gasteiger partial charge on any atom is 0.427 e. The highest BCUT2D eigenvalue weighted by Crippen LogP contribution is 2.35. The molecule has 3 nitrogen and oxygen atoms in total. The van der Waals surface area contributed by atoms with Crippen molar-refractivity contribution in [2.45, 2.75) is 18.7 Å². The Morgan fingerprint density at radius 3 is 2.65 bits per heavy atom. The fourth-order valence-corrected chi connectivity index (χ4v) is 2.52. The first-order valence-electron chi connectivity index (χ1n) is 4.73. The van der Waals surface area contributed by atoms with Gasteiger partial charge in [0.1, 0.15) is 4.88 Å². The van der Waals surface area contributed by atoms with Crippen LogP contribution in [0.1, 0.15) is 11.8 Å². The third-order valence-corrected chi connectivity index (χ3v) is 3.77. The normalized spacial score (nSPS) is 15.6. The van der Waals surface area contributed by atoms with Crippen LogP contribution in [0.25, 0.3) is 0 Å². The van der Waals surface area contributed by atoms with Gasteiger partial charge in [0, 0.05) is 12.3 Å². The fraction of sp³-hybridized carbons (Fsp3) is 0.667. The lowest BCUT2D eigenvalue weighted by Gasteiger charge is -2.22. The monoisotopic (exact) mass is 286 g/mol. The lowest BCUT2D eigenvalue weighted by Crippen LogP contribution is -2.35. The molecule has 2 N–H and O–H groups in total. The van der Waals surface area contributed by atoms with Crippen molar-refractivity contribution in [3.05, 3.63) is 11.1 Å². The minimum atomic E-state index is -4.36. The van der Waals surface area contributed by atoms with Crippen LogP contribution in [-0.2, 0) is 6.18 Å². The van der Waals surface area contributed by atoms with E-state index in [1.807, 2.05) is 6.26 Å². The summed E-state index contributed by atoms with van der Waals surface area (Å²) in [5.74, 6) is 0.498. The smallest absolute Gasteiger partial charge is 0.387 e. The van der Waals surface area contributed by atoms with Gasteiger partial charge in [-0.05, 0) is 13.2 Å². The second-order valence-electron chi connectivity index (χ2n) is 3.81. The lowest BCUT2D eigenvalue weighted by molar-refractivity contribution is -0.134. The standard InChI is InChI=1S/C9H13F3N2OS2/c1-8(15,5-16-2)4-14-7-13-3-6(17-7)9(10,11)12/h3,15H,4-5H2,1-2H3,(H,13,14). The number of aliphatic hydroxyl groups is 1. The predicted molar refractivity (Wildman–Crippen MR) is 64.6 cm³/mol. The van der Waals surface area contributed by atoms with Crippen LogP contribution in [0.5, 0.6) is 0 Å². The molecule has 17 heavy (non-hydrogen) atoms. The zero-order valence-electron chi connectivity index (χ0n) is 9.34. The maximum absolute atomic E-state index is 12.3. The number of thioether (sulfide) groups is 1. The van der Waals surface area contributed by atoms with Gasteiger partial charge in [-0.2, -0.15) is 24.9 Å². The van der Waals surface area contributed by atoms with Gasteiger partial charge in [-0.15, -0.1) is 0 Å². The Labute approximate surface area is 105 Å². The van der Waals surface area contributed by atoms with E-state index in [0.717, 1.165) is 6.20 Å². The van der Waals surface area contributed by atoms with Crippen molar-refractivity contribution in [1.29, 1.82) is 0 Å². The third kappa shape index (κ3) is 4.72. The van der Waals surface area contributed by atoms with E-state index in [-0.39, 0.29) is 11.7 Å². The molecule has 0 bridgehead atoms. The minimum Gasteiger partial charge on any atom is -0.387 e. The van der Waals surface area contributed by atoms with Gasteiger partial charge in [0.15, 0.2) is 5.13 Å². The van der Waals surface area contributed by atoms with Crippen LogP contribution in [-0.4, -0.2) is 34.2 Å². The molecule has 0 aliphatic carbocycles. The first-order chi connectivity index (χ1) is 7.74. The topological polar surface area (TPSA) is 45.1 Å². The quantitative estimate of drug-likeness (QED) is 0.873. The third-order valence-electron chi connectivity index (χ3n) is 1.86. The van der Waals surface area contributed by atoms with Gasteiger partial charge in [-0.25, -0.2) is 4.98 Å². The number of aromatic nitrogens is 1. The molecule has 0 fully saturated rings. The SMILES string of the molecule is CSCC(C)(O)CNc1ncc(C(F)(F)F)s1. The van der Waals surface area contributed by atoms with E-state index in [2.05, 4.69) is 10.3 Å². The van der Waals surface area contributed by atoms with Crippen molar-refractivity contribution in [2.75, 3.05) is 23.9 Å². The van der Waals surface area contributed by atoms with Crippen LogP contribution in [0.15, 0.2) is 6.20 Å². The number of nitrogens with zero attached hydrogens (tertiary/aromatic N) is 1. The van der Waals surface area contributed by atoms with E-state index < -0.39 is 16.7 Å². The van der Waals surface area contributed by atoms with Gasteiger partial charge in [-0.3, -0.25) is 0 Å². The number of nitrogens with one attached hydrogen (secondary N) is 1. The maximum atomic E-state index is 12.3. The lowest BCUT2D eigenvalue weighted by atomic mass is 10.1. The van der Waals surface area contributed by atoms with Crippen molar-refractivity contribution >= 4 is 28.2 Å². The van der Waals surface area contributed by atoms with E-state index >= 15 is 0 Å². The Kier molecular flexibility index (Phi) is 4.68. The highest BCUT2D eigenvalue weighted by Gasteiger charge is 2.33. The molecular weight excluding hydrogens is 273 g/mol. The summed E-state index contributed by atoms with van der Waals surface area (Å²) in [6.45, 7) is 1.79. The highest BCUT2D eigenvalue weighted by atomic mass is 32.2. The number of halogens is 3. The van der Waals surface area contributed by atoms with E-state index in [0.29, 0.717) is 17.1 Å². The molecule has 1 unspecified atom stereocenters. The van der Waals surface area contributed by atoms with Gasteiger partial charge in [0.2, 0.25) is 0 Å². The zero-order chi connectivity index (χ0) is 13.1. The largest absolute Gasteiger partial charge is 0.427 e. The van der Waals surface area contributed by atoms with Crippen LogP contribution >= 0.6 is 23.1 Å². The van der Waals surface area contributed by atoms with Gasteiger partial charge < -0.3 is 10.4 Å². The molecule has 0 saturated heterocycles. The highest BCUT2D eigenvalue weighted by molar-refractivity contribution is 7.98. The summed E-state index contributed by atoms with van der Waals surface area (Å²) in [4.78, 5) is 2.87. The molecule has 0 aliphatic rings. The van der Waals surface area contributed by atoms with Crippen LogP contribution in [0.4, 0.5) is 18.3 Å². The summed E-state index contributed by atoms with van der Waals surface area (Å²) in [6.07, 6.45) is -1.73. The van der Waals surface area contributed by atoms with Crippen LogP contribution < -0.4 is 5.32 Å². The van der Waals surface area contributed by atoms with E-state index in [1.54, 1.807) is 6.92 Å². The Morgan fingerprint density at radius 2 is 2.18 bits per heavy atom. The second kappa shape index (κ2) is 5.45.